The Morgan fingerprint density at radius 1 is 1.04 bits per heavy atom. The highest BCUT2D eigenvalue weighted by molar-refractivity contribution is 5.97. The second kappa shape index (κ2) is 10.6. The number of amides is 2. The van der Waals surface area contributed by atoms with Crippen molar-refractivity contribution in [2.24, 2.45) is 11.7 Å². The number of carbonyl (C=O) groups excluding carboxylic acids is 2. The Labute approximate surface area is 164 Å². The van der Waals surface area contributed by atoms with E-state index in [9.17, 15) is 14.0 Å². The van der Waals surface area contributed by atoms with Gasteiger partial charge in [0.05, 0.1) is 5.56 Å². The average Bonchev–Trinajstić information content (AvgIpc) is 2.64. The van der Waals surface area contributed by atoms with E-state index in [1.165, 1.54) is 18.2 Å². The van der Waals surface area contributed by atoms with Crippen molar-refractivity contribution in [3.05, 3.63) is 71.5 Å². The number of hydrogen-bond donors (Lipinski definition) is 3. The summed E-state index contributed by atoms with van der Waals surface area (Å²) in [5.74, 6) is -1.77. The van der Waals surface area contributed by atoms with Crippen LogP contribution in [0.25, 0.3) is 0 Å². The van der Waals surface area contributed by atoms with E-state index >= 15 is 0 Å². The number of nitrogens with one attached hydrogen (secondary N) is 2. The molecule has 2 atom stereocenters. The number of halogens is 2. The number of nitrogens with two attached hydrogens (primary N) is 1. The van der Waals surface area contributed by atoms with Crippen molar-refractivity contribution >= 4 is 24.2 Å². The van der Waals surface area contributed by atoms with Crippen molar-refractivity contribution < 1.29 is 14.0 Å². The molecule has 0 heterocycles. The lowest BCUT2D eigenvalue weighted by Gasteiger charge is -2.23. The van der Waals surface area contributed by atoms with Crippen LogP contribution in [0.2, 0.25) is 0 Å². The third-order valence-corrected chi connectivity index (χ3v) is 4.08. The van der Waals surface area contributed by atoms with Gasteiger partial charge in [-0.2, -0.15) is 0 Å². The van der Waals surface area contributed by atoms with Crippen LogP contribution in [-0.4, -0.2) is 24.4 Å². The Bertz CT molecular complexity index is 756. The minimum atomic E-state index is -0.787. The highest BCUT2D eigenvalue weighted by Gasteiger charge is 2.25. The van der Waals surface area contributed by atoms with E-state index in [4.69, 9.17) is 5.73 Å². The predicted octanol–water partition coefficient (Wildman–Crippen LogP) is 2.82. The minimum Gasteiger partial charge on any atom is -0.352 e. The van der Waals surface area contributed by atoms with Crippen molar-refractivity contribution in [3.8, 4) is 0 Å². The highest BCUT2D eigenvalue weighted by Crippen LogP contribution is 2.10. The first-order valence-corrected chi connectivity index (χ1v) is 8.53. The van der Waals surface area contributed by atoms with Gasteiger partial charge in [0.15, 0.2) is 0 Å². The molecule has 0 aliphatic carbocycles. The van der Waals surface area contributed by atoms with Gasteiger partial charge in [-0.25, -0.2) is 4.39 Å². The van der Waals surface area contributed by atoms with Gasteiger partial charge in [-0.3, -0.25) is 9.59 Å². The summed E-state index contributed by atoms with van der Waals surface area (Å²) >= 11 is 0. The van der Waals surface area contributed by atoms with Crippen LogP contribution in [0.3, 0.4) is 0 Å². The zero-order chi connectivity index (χ0) is 19.1. The van der Waals surface area contributed by atoms with Gasteiger partial charge >= 0.3 is 0 Å². The van der Waals surface area contributed by atoms with E-state index in [2.05, 4.69) is 10.6 Å². The molecule has 0 aromatic heterocycles. The summed E-state index contributed by atoms with van der Waals surface area (Å²) in [4.78, 5) is 24.8. The maximum Gasteiger partial charge on any atom is 0.254 e. The number of rotatable bonds is 7. The van der Waals surface area contributed by atoms with E-state index in [1.54, 1.807) is 6.07 Å². The third kappa shape index (κ3) is 6.34. The van der Waals surface area contributed by atoms with Gasteiger partial charge in [-0.1, -0.05) is 56.3 Å². The van der Waals surface area contributed by atoms with Crippen molar-refractivity contribution in [1.82, 2.24) is 10.6 Å². The van der Waals surface area contributed by atoms with Crippen LogP contribution in [0.15, 0.2) is 54.6 Å². The third-order valence-electron chi connectivity index (χ3n) is 4.08. The fraction of sp³-hybridized carbons (Fsp3) is 0.300. The standard InChI is InChI=1S/C20H24FN3O2.ClH/c1-13(2)18(24-19(25)15-10-6-7-11-16(15)21)20(26)23-12-17(22)14-8-4-3-5-9-14;/h3-11,13,17-18H,12,22H2,1-2H3,(H,23,26)(H,24,25);1H. The smallest absolute Gasteiger partial charge is 0.254 e. The van der Waals surface area contributed by atoms with Gasteiger partial charge < -0.3 is 16.4 Å². The number of carbonyl (C=O) groups is 2. The summed E-state index contributed by atoms with van der Waals surface area (Å²) in [6.45, 7) is 3.85. The van der Waals surface area contributed by atoms with Gasteiger partial charge in [0.1, 0.15) is 11.9 Å². The summed E-state index contributed by atoms with van der Waals surface area (Å²) in [7, 11) is 0. The fourth-order valence-electron chi connectivity index (χ4n) is 2.54. The molecule has 146 valence electrons. The van der Waals surface area contributed by atoms with Gasteiger partial charge in [-0.15, -0.1) is 12.4 Å². The second-order valence-corrected chi connectivity index (χ2v) is 6.44. The van der Waals surface area contributed by atoms with Gasteiger partial charge in [-0.05, 0) is 23.6 Å². The summed E-state index contributed by atoms with van der Waals surface area (Å²) in [5.41, 5.74) is 6.90. The minimum absolute atomic E-state index is 0. The van der Waals surface area contributed by atoms with E-state index in [1.807, 2.05) is 44.2 Å². The molecule has 0 spiro atoms. The van der Waals surface area contributed by atoms with Gasteiger partial charge in [0, 0.05) is 12.6 Å². The zero-order valence-electron chi connectivity index (χ0n) is 15.3. The normalized spacial score (nSPS) is 12.6. The molecule has 0 saturated heterocycles. The lowest BCUT2D eigenvalue weighted by atomic mass is 10.0. The molecule has 2 aromatic rings. The number of benzene rings is 2. The summed E-state index contributed by atoms with van der Waals surface area (Å²) in [5, 5.41) is 5.37. The van der Waals surface area contributed by atoms with E-state index in [-0.39, 0.29) is 42.4 Å². The first kappa shape index (κ1) is 22.6. The molecule has 5 nitrogen and oxygen atoms in total. The van der Waals surface area contributed by atoms with Crippen molar-refractivity contribution in [2.75, 3.05) is 6.54 Å². The molecule has 0 saturated carbocycles. The molecule has 0 bridgehead atoms. The Morgan fingerprint density at radius 2 is 1.63 bits per heavy atom. The maximum atomic E-state index is 13.8. The van der Waals surface area contributed by atoms with E-state index in [0.29, 0.717) is 0 Å². The van der Waals surface area contributed by atoms with Crippen LogP contribution in [0.1, 0.15) is 35.8 Å². The molecular formula is C20H25ClFN3O2. The molecule has 0 radical (unpaired) electrons. The summed E-state index contributed by atoms with van der Waals surface area (Å²) in [6.07, 6.45) is 0. The largest absolute Gasteiger partial charge is 0.352 e. The molecule has 7 heteroatoms. The van der Waals surface area contributed by atoms with Crippen LogP contribution in [0.4, 0.5) is 4.39 Å². The maximum absolute atomic E-state index is 13.8. The number of hydrogen-bond acceptors (Lipinski definition) is 3. The van der Waals surface area contributed by atoms with Crippen molar-refractivity contribution in [3.63, 3.8) is 0 Å². The lowest BCUT2D eigenvalue weighted by Crippen LogP contribution is -2.50. The molecular weight excluding hydrogens is 369 g/mol. The molecule has 2 rings (SSSR count). The van der Waals surface area contributed by atoms with Crippen LogP contribution < -0.4 is 16.4 Å². The predicted molar refractivity (Wildman–Crippen MR) is 106 cm³/mol. The molecule has 27 heavy (non-hydrogen) atoms. The van der Waals surface area contributed by atoms with Crippen molar-refractivity contribution in [1.29, 1.82) is 0 Å². The first-order valence-electron chi connectivity index (χ1n) is 8.53. The van der Waals surface area contributed by atoms with Crippen LogP contribution in [-0.2, 0) is 4.79 Å². The zero-order valence-corrected chi connectivity index (χ0v) is 16.1. The van der Waals surface area contributed by atoms with E-state index < -0.39 is 17.8 Å². The quantitative estimate of drug-likeness (QED) is 0.676. The Balaban J connectivity index is 0.00000364. The van der Waals surface area contributed by atoms with Crippen molar-refractivity contribution in [2.45, 2.75) is 25.9 Å². The first-order chi connectivity index (χ1) is 12.4. The fourth-order valence-corrected chi connectivity index (χ4v) is 2.54. The monoisotopic (exact) mass is 393 g/mol. The lowest BCUT2D eigenvalue weighted by molar-refractivity contribution is -0.124. The molecule has 0 aliphatic heterocycles. The molecule has 4 N–H and O–H groups in total. The molecule has 2 amide bonds. The Kier molecular flexibility index (Phi) is 8.91. The van der Waals surface area contributed by atoms with Gasteiger partial charge in [0.2, 0.25) is 5.91 Å². The molecule has 0 aliphatic rings. The molecule has 0 fully saturated rings. The molecule has 2 unspecified atom stereocenters. The average molecular weight is 394 g/mol. The topological polar surface area (TPSA) is 84.2 Å². The molecule has 2 aromatic carbocycles. The second-order valence-electron chi connectivity index (χ2n) is 6.44. The van der Waals surface area contributed by atoms with Crippen LogP contribution in [0.5, 0.6) is 0 Å². The van der Waals surface area contributed by atoms with Gasteiger partial charge in [0.25, 0.3) is 5.91 Å². The summed E-state index contributed by atoms with van der Waals surface area (Å²) in [6, 6.07) is 13.9. The Hall–Kier alpha value is -2.44. The van der Waals surface area contributed by atoms with Crippen LogP contribution >= 0.6 is 12.4 Å². The van der Waals surface area contributed by atoms with Crippen LogP contribution in [0, 0.1) is 11.7 Å². The van der Waals surface area contributed by atoms with E-state index in [0.717, 1.165) is 5.56 Å². The Morgan fingerprint density at radius 3 is 2.22 bits per heavy atom. The highest BCUT2D eigenvalue weighted by atomic mass is 35.5. The summed E-state index contributed by atoms with van der Waals surface area (Å²) < 4.78 is 13.8. The SMILES string of the molecule is CC(C)C(NC(=O)c1ccccc1F)C(=O)NCC(N)c1ccccc1.Cl.